The maximum absolute atomic E-state index is 13.5. The van der Waals surface area contributed by atoms with Crippen LogP contribution < -0.4 is 14.2 Å². The Balaban J connectivity index is 1.60. The van der Waals surface area contributed by atoms with Crippen molar-refractivity contribution in [2.75, 3.05) is 13.7 Å². The fraction of sp³-hybridized carbons (Fsp3) is 0.312. The summed E-state index contributed by atoms with van der Waals surface area (Å²) in [5.74, 6) is 0.258. The van der Waals surface area contributed by atoms with Crippen molar-refractivity contribution in [2.24, 2.45) is 0 Å². The Bertz CT molecular complexity index is 1410. The van der Waals surface area contributed by atoms with Crippen LogP contribution in [0.2, 0.25) is 0 Å². The molecule has 2 aliphatic heterocycles. The van der Waals surface area contributed by atoms with Gasteiger partial charge >= 0.3 is 0 Å². The van der Waals surface area contributed by atoms with Crippen LogP contribution in [0.3, 0.4) is 0 Å². The van der Waals surface area contributed by atoms with Gasteiger partial charge in [0, 0.05) is 18.5 Å². The molecule has 0 spiro atoms. The molecule has 202 valence electrons. The average Bonchev–Trinajstić information content (AvgIpc) is 3.44. The molecule has 1 amide bonds. The van der Waals surface area contributed by atoms with Crippen molar-refractivity contribution in [3.8, 4) is 17.2 Å². The Labute approximate surface area is 228 Å². The number of likely N-dealkylation sites (tertiary alicyclic amines) is 1. The number of benzene rings is 3. The van der Waals surface area contributed by atoms with Crippen LogP contribution in [0.25, 0.3) is 5.76 Å². The summed E-state index contributed by atoms with van der Waals surface area (Å²) in [5, 5.41) is 11.5. The third kappa shape index (κ3) is 5.21. The number of aliphatic hydroxyl groups excluding tert-OH is 1. The summed E-state index contributed by atoms with van der Waals surface area (Å²) in [6, 6.07) is 19.4. The molecule has 0 aliphatic carbocycles. The highest BCUT2D eigenvalue weighted by atomic mass is 16.5. The molecule has 2 aliphatic rings. The number of amides is 1. The Hall–Kier alpha value is -4.26. The van der Waals surface area contributed by atoms with Crippen molar-refractivity contribution in [3.63, 3.8) is 0 Å². The molecule has 7 heteroatoms. The summed E-state index contributed by atoms with van der Waals surface area (Å²) >= 11 is 0. The van der Waals surface area contributed by atoms with Crippen LogP contribution in [-0.2, 0) is 22.6 Å². The molecule has 2 heterocycles. The molecule has 0 bridgehead atoms. The number of hydrogen-bond donors (Lipinski definition) is 1. The Morgan fingerprint density at radius 2 is 1.85 bits per heavy atom. The third-order valence-corrected chi connectivity index (χ3v) is 7.16. The molecule has 2 atom stereocenters. The van der Waals surface area contributed by atoms with Crippen LogP contribution in [0.4, 0.5) is 0 Å². The van der Waals surface area contributed by atoms with Gasteiger partial charge in [-0.15, -0.1) is 0 Å². The minimum atomic E-state index is -0.813. The maximum atomic E-state index is 13.5. The van der Waals surface area contributed by atoms with E-state index in [0.717, 1.165) is 29.7 Å². The van der Waals surface area contributed by atoms with Crippen LogP contribution in [0.5, 0.6) is 17.2 Å². The number of carbonyl (C=O) groups excluding carboxylic acids is 2. The monoisotopic (exact) mass is 527 g/mol. The first kappa shape index (κ1) is 26.4. The van der Waals surface area contributed by atoms with E-state index in [-0.39, 0.29) is 24.0 Å². The van der Waals surface area contributed by atoms with E-state index in [0.29, 0.717) is 35.7 Å². The van der Waals surface area contributed by atoms with Gasteiger partial charge in [-0.25, -0.2) is 0 Å². The normalized spacial score (nSPS) is 19.6. The zero-order valence-electron chi connectivity index (χ0n) is 22.5. The summed E-state index contributed by atoms with van der Waals surface area (Å²) in [4.78, 5) is 28.4. The predicted octanol–water partition coefficient (Wildman–Crippen LogP) is 5.82. The fourth-order valence-corrected chi connectivity index (χ4v) is 5.19. The highest BCUT2D eigenvalue weighted by Gasteiger charge is 2.46. The maximum Gasteiger partial charge on any atom is 0.295 e. The number of nitrogens with zero attached hydrogens (tertiary/aromatic N) is 1. The van der Waals surface area contributed by atoms with Crippen LogP contribution >= 0.6 is 0 Å². The lowest BCUT2D eigenvalue weighted by atomic mass is 9.94. The summed E-state index contributed by atoms with van der Waals surface area (Å²) < 4.78 is 17.3. The van der Waals surface area contributed by atoms with Gasteiger partial charge in [-0.3, -0.25) is 9.59 Å². The molecular formula is C32H33NO6. The lowest BCUT2D eigenvalue weighted by molar-refractivity contribution is -0.140. The number of unbranched alkanes of at least 4 members (excludes halogenated alkanes) is 1. The van der Waals surface area contributed by atoms with Crippen LogP contribution in [-0.4, -0.2) is 41.5 Å². The smallest absolute Gasteiger partial charge is 0.295 e. The number of Topliss-reactive ketones (excluding diaryl/α,β-unsaturated/α-hetero) is 1. The van der Waals surface area contributed by atoms with Gasteiger partial charge in [-0.1, -0.05) is 49.7 Å². The third-order valence-electron chi connectivity index (χ3n) is 7.16. The van der Waals surface area contributed by atoms with Crippen LogP contribution in [0, 0.1) is 0 Å². The average molecular weight is 528 g/mol. The molecule has 0 radical (unpaired) electrons. The number of ketones is 1. The summed E-state index contributed by atoms with van der Waals surface area (Å²) in [6.45, 7) is 4.84. The molecule has 5 rings (SSSR count). The van der Waals surface area contributed by atoms with Crippen molar-refractivity contribution in [2.45, 2.75) is 51.8 Å². The first-order valence-electron chi connectivity index (χ1n) is 13.3. The molecule has 3 aromatic rings. The Morgan fingerprint density at radius 3 is 2.59 bits per heavy atom. The van der Waals surface area contributed by atoms with Crippen LogP contribution in [0.1, 0.15) is 55.0 Å². The Morgan fingerprint density at radius 1 is 1.05 bits per heavy atom. The highest BCUT2D eigenvalue weighted by Crippen LogP contribution is 2.43. The zero-order valence-corrected chi connectivity index (χ0v) is 22.5. The minimum absolute atomic E-state index is 0.0411. The molecule has 2 unspecified atom stereocenters. The van der Waals surface area contributed by atoms with Crippen molar-refractivity contribution in [1.29, 1.82) is 0 Å². The van der Waals surface area contributed by atoms with Crippen molar-refractivity contribution in [1.82, 2.24) is 4.90 Å². The first-order chi connectivity index (χ1) is 18.9. The molecular weight excluding hydrogens is 494 g/mol. The molecule has 39 heavy (non-hydrogen) atoms. The number of methoxy groups -OCH3 is 1. The summed E-state index contributed by atoms with van der Waals surface area (Å²) in [7, 11) is 1.56. The molecule has 0 aromatic heterocycles. The number of carbonyl (C=O) groups is 2. The topological polar surface area (TPSA) is 85.3 Å². The standard InChI is InChI=1S/C32H33NO6/c1-4-5-15-38-26-14-11-22(18-27(26)37-3)29-28(30(34)23-12-13-25-24(17-23)16-20(2)39-25)31(35)32(36)33(29)19-21-9-7-6-8-10-21/h6-14,17-18,20,29,34H,4-5,15-16,19H2,1-3H3/b30-28+. The highest BCUT2D eigenvalue weighted by molar-refractivity contribution is 6.46. The van der Waals surface area contributed by atoms with Gasteiger partial charge in [-0.2, -0.15) is 0 Å². The lowest BCUT2D eigenvalue weighted by Crippen LogP contribution is -2.29. The quantitative estimate of drug-likeness (QED) is 0.163. The van der Waals surface area contributed by atoms with Gasteiger partial charge in [0.15, 0.2) is 11.5 Å². The second-order valence-corrected chi connectivity index (χ2v) is 9.98. The van der Waals surface area contributed by atoms with E-state index in [1.807, 2.05) is 49.4 Å². The van der Waals surface area contributed by atoms with Crippen molar-refractivity contribution in [3.05, 3.63) is 94.6 Å². The number of rotatable bonds is 9. The fourth-order valence-electron chi connectivity index (χ4n) is 5.19. The number of fused-ring (bicyclic) bond motifs is 1. The van der Waals surface area contributed by atoms with E-state index in [1.54, 1.807) is 31.4 Å². The van der Waals surface area contributed by atoms with Gasteiger partial charge in [0.2, 0.25) is 0 Å². The Kier molecular flexibility index (Phi) is 7.59. The van der Waals surface area contributed by atoms with Gasteiger partial charge in [0.1, 0.15) is 17.6 Å². The lowest BCUT2D eigenvalue weighted by Gasteiger charge is -2.26. The number of aliphatic hydroxyl groups is 1. The van der Waals surface area contributed by atoms with E-state index < -0.39 is 17.7 Å². The van der Waals surface area contributed by atoms with E-state index in [2.05, 4.69) is 6.92 Å². The van der Waals surface area contributed by atoms with Crippen molar-refractivity contribution < 1.29 is 28.9 Å². The number of ether oxygens (including phenoxy) is 3. The summed E-state index contributed by atoms with van der Waals surface area (Å²) in [6.07, 6.45) is 2.66. The molecule has 0 saturated carbocycles. The summed E-state index contributed by atoms with van der Waals surface area (Å²) in [5.41, 5.74) is 2.99. The van der Waals surface area contributed by atoms with E-state index >= 15 is 0 Å². The molecule has 1 N–H and O–H groups in total. The van der Waals surface area contributed by atoms with Gasteiger partial charge in [0.25, 0.3) is 11.7 Å². The zero-order chi connectivity index (χ0) is 27.5. The van der Waals surface area contributed by atoms with Gasteiger partial charge in [0.05, 0.1) is 25.3 Å². The number of hydrogen-bond acceptors (Lipinski definition) is 6. The first-order valence-corrected chi connectivity index (χ1v) is 13.3. The van der Waals surface area contributed by atoms with Gasteiger partial charge in [-0.05, 0) is 60.4 Å². The van der Waals surface area contributed by atoms with E-state index in [1.165, 1.54) is 4.90 Å². The largest absolute Gasteiger partial charge is 0.507 e. The molecule has 1 saturated heterocycles. The second kappa shape index (κ2) is 11.2. The molecule has 1 fully saturated rings. The van der Waals surface area contributed by atoms with E-state index in [9.17, 15) is 14.7 Å². The van der Waals surface area contributed by atoms with Gasteiger partial charge < -0.3 is 24.2 Å². The minimum Gasteiger partial charge on any atom is -0.507 e. The predicted molar refractivity (Wildman–Crippen MR) is 148 cm³/mol. The second-order valence-electron chi connectivity index (χ2n) is 9.98. The van der Waals surface area contributed by atoms with Crippen molar-refractivity contribution >= 4 is 17.4 Å². The molecule has 7 nitrogen and oxygen atoms in total. The SMILES string of the molecule is CCCCOc1ccc(C2/C(=C(\O)c3ccc4c(c3)CC(C)O4)C(=O)C(=O)N2Cc2ccccc2)cc1OC. The molecule has 3 aromatic carbocycles. The van der Waals surface area contributed by atoms with E-state index in [4.69, 9.17) is 14.2 Å². The van der Waals surface area contributed by atoms with Crippen LogP contribution in [0.15, 0.2) is 72.3 Å².